The molecule has 162 valence electrons. The van der Waals surface area contributed by atoms with Crippen molar-refractivity contribution in [3.05, 3.63) is 94.9 Å². The van der Waals surface area contributed by atoms with Gasteiger partial charge in [-0.3, -0.25) is 14.5 Å². The van der Waals surface area contributed by atoms with Crippen LogP contribution in [0, 0.1) is 6.92 Å². The number of rotatable bonds is 4. The second-order valence-electron chi connectivity index (χ2n) is 7.91. The van der Waals surface area contributed by atoms with Crippen LogP contribution in [0.5, 0.6) is 0 Å². The van der Waals surface area contributed by atoms with Crippen molar-refractivity contribution in [3.8, 4) is 0 Å². The maximum Gasteiger partial charge on any atom is 0.266 e. The van der Waals surface area contributed by atoms with Crippen LogP contribution >= 0.6 is 24.0 Å². The molecule has 0 aromatic heterocycles. The molecule has 1 saturated heterocycles. The number of hydrogen-bond acceptors (Lipinski definition) is 4. The Morgan fingerprint density at radius 2 is 1.58 bits per heavy atom. The predicted octanol–water partition coefficient (Wildman–Crippen LogP) is 6.14. The first kappa shape index (κ1) is 21.4. The standard InChI is InChI=1S/C27H20N2O2S2/c1-17-10-12-20(13-11-17)28-25(30)16-29-26(31)24(33-27(29)32)15-23-21-8-4-2-6-18(21)14-19-7-3-5-9-22(19)23/h2-15H,16H2,1H3,(H,28,30)/b24-15-. The lowest BCUT2D eigenvalue weighted by Crippen LogP contribution is -2.36. The molecule has 2 amide bonds. The Kier molecular flexibility index (Phi) is 5.70. The molecule has 0 spiro atoms. The van der Waals surface area contributed by atoms with Gasteiger partial charge in [-0.05, 0) is 58.3 Å². The maximum absolute atomic E-state index is 13.2. The van der Waals surface area contributed by atoms with Crippen LogP contribution < -0.4 is 5.32 Å². The Labute approximate surface area is 201 Å². The number of thiocarbonyl (C=S) groups is 1. The zero-order chi connectivity index (χ0) is 22.9. The van der Waals surface area contributed by atoms with Gasteiger partial charge in [-0.1, -0.05) is 90.2 Å². The minimum absolute atomic E-state index is 0.119. The molecule has 0 unspecified atom stereocenters. The third-order valence-electron chi connectivity index (χ3n) is 5.60. The van der Waals surface area contributed by atoms with E-state index in [4.69, 9.17) is 12.2 Å². The van der Waals surface area contributed by atoms with E-state index in [2.05, 4.69) is 35.6 Å². The summed E-state index contributed by atoms with van der Waals surface area (Å²) in [5.41, 5.74) is 2.78. The molecule has 1 heterocycles. The number of benzene rings is 4. The highest BCUT2D eigenvalue weighted by Gasteiger charge is 2.33. The molecular weight excluding hydrogens is 448 g/mol. The smallest absolute Gasteiger partial charge is 0.266 e. The highest BCUT2D eigenvalue weighted by Crippen LogP contribution is 2.36. The summed E-state index contributed by atoms with van der Waals surface area (Å²) in [6.45, 7) is 1.86. The number of aryl methyl sites for hydroxylation is 1. The molecule has 0 bridgehead atoms. The SMILES string of the molecule is Cc1ccc(NC(=O)CN2C(=O)/C(=C/c3c4ccccc4cc4ccccc34)SC2=S)cc1. The number of nitrogens with zero attached hydrogens (tertiary/aromatic N) is 1. The summed E-state index contributed by atoms with van der Waals surface area (Å²) < 4.78 is 0.384. The third kappa shape index (κ3) is 4.27. The minimum atomic E-state index is -0.285. The molecule has 1 N–H and O–H groups in total. The normalized spacial score (nSPS) is 15.1. The molecule has 6 heteroatoms. The van der Waals surface area contributed by atoms with Gasteiger partial charge in [0, 0.05) is 5.69 Å². The van der Waals surface area contributed by atoms with Gasteiger partial charge in [-0.15, -0.1) is 0 Å². The van der Waals surface area contributed by atoms with E-state index in [1.165, 1.54) is 16.7 Å². The summed E-state index contributed by atoms with van der Waals surface area (Å²) in [7, 11) is 0. The topological polar surface area (TPSA) is 49.4 Å². The van der Waals surface area contributed by atoms with Gasteiger partial charge in [-0.2, -0.15) is 0 Å². The van der Waals surface area contributed by atoms with E-state index in [-0.39, 0.29) is 18.4 Å². The fraction of sp³-hybridized carbons (Fsp3) is 0.0741. The summed E-state index contributed by atoms with van der Waals surface area (Å²) in [5, 5.41) is 7.18. The molecule has 0 radical (unpaired) electrons. The number of carbonyl (C=O) groups excluding carboxylic acids is 2. The van der Waals surface area contributed by atoms with Crippen molar-refractivity contribution in [2.75, 3.05) is 11.9 Å². The summed E-state index contributed by atoms with van der Waals surface area (Å²) in [4.78, 5) is 27.6. The summed E-state index contributed by atoms with van der Waals surface area (Å²) in [5.74, 6) is -0.534. The zero-order valence-corrected chi connectivity index (χ0v) is 19.5. The Morgan fingerprint density at radius 1 is 0.970 bits per heavy atom. The lowest BCUT2D eigenvalue weighted by Gasteiger charge is -2.14. The molecule has 4 nitrogen and oxygen atoms in total. The number of nitrogens with one attached hydrogen (secondary N) is 1. The van der Waals surface area contributed by atoms with Crippen LogP contribution in [0.4, 0.5) is 5.69 Å². The van der Waals surface area contributed by atoms with Gasteiger partial charge in [0.1, 0.15) is 10.9 Å². The summed E-state index contributed by atoms with van der Waals surface area (Å²) in [6.07, 6.45) is 1.90. The van der Waals surface area contributed by atoms with E-state index in [0.717, 1.165) is 32.7 Å². The molecule has 5 rings (SSSR count). The van der Waals surface area contributed by atoms with Crippen molar-refractivity contribution in [3.63, 3.8) is 0 Å². The van der Waals surface area contributed by atoms with Gasteiger partial charge in [-0.25, -0.2) is 0 Å². The molecule has 4 aromatic rings. The van der Waals surface area contributed by atoms with Gasteiger partial charge >= 0.3 is 0 Å². The molecular formula is C27H20N2O2S2. The number of thioether (sulfide) groups is 1. The summed E-state index contributed by atoms with van der Waals surface area (Å²) >= 11 is 6.68. The lowest BCUT2D eigenvalue weighted by molar-refractivity contribution is -0.126. The van der Waals surface area contributed by atoms with Crippen molar-refractivity contribution in [1.29, 1.82) is 0 Å². The van der Waals surface area contributed by atoms with Gasteiger partial charge in [0.25, 0.3) is 5.91 Å². The van der Waals surface area contributed by atoms with E-state index in [1.807, 2.05) is 61.5 Å². The minimum Gasteiger partial charge on any atom is -0.325 e. The van der Waals surface area contributed by atoms with Gasteiger partial charge in [0.15, 0.2) is 0 Å². The molecule has 0 saturated carbocycles. The highest BCUT2D eigenvalue weighted by atomic mass is 32.2. The van der Waals surface area contributed by atoms with E-state index in [1.54, 1.807) is 0 Å². The second-order valence-corrected chi connectivity index (χ2v) is 9.59. The lowest BCUT2D eigenvalue weighted by atomic mass is 9.96. The molecule has 0 aliphatic carbocycles. The molecule has 33 heavy (non-hydrogen) atoms. The van der Waals surface area contributed by atoms with Crippen LogP contribution in [0.25, 0.3) is 27.6 Å². The number of hydrogen-bond donors (Lipinski definition) is 1. The van der Waals surface area contributed by atoms with Gasteiger partial charge in [0.2, 0.25) is 5.91 Å². The Hall–Kier alpha value is -3.48. The van der Waals surface area contributed by atoms with Crippen molar-refractivity contribution < 1.29 is 9.59 Å². The van der Waals surface area contributed by atoms with Crippen LogP contribution in [0.2, 0.25) is 0 Å². The third-order valence-corrected chi connectivity index (χ3v) is 6.98. The highest BCUT2D eigenvalue weighted by molar-refractivity contribution is 8.26. The van der Waals surface area contributed by atoms with E-state index in [9.17, 15) is 9.59 Å². The maximum atomic E-state index is 13.2. The first-order valence-corrected chi connectivity index (χ1v) is 11.7. The Morgan fingerprint density at radius 3 is 2.21 bits per heavy atom. The number of fused-ring (bicyclic) bond motifs is 2. The summed E-state index contributed by atoms with van der Waals surface area (Å²) in [6, 6.07) is 25.9. The van der Waals surface area contributed by atoms with Crippen LogP contribution in [0.1, 0.15) is 11.1 Å². The fourth-order valence-electron chi connectivity index (χ4n) is 3.95. The van der Waals surface area contributed by atoms with Crippen LogP contribution in [-0.2, 0) is 9.59 Å². The van der Waals surface area contributed by atoms with Gasteiger partial charge < -0.3 is 5.32 Å². The molecule has 1 aliphatic rings. The van der Waals surface area contributed by atoms with Crippen molar-refractivity contribution in [1.82, 2.24) is 4.90 Å². The van der Waals surface area contributed by atoms with E-state index in [0.29, 0.717) is 14.9 Å². The monoisotopic (exact) mass is 468 g/mol. The molecule has 4 aromatic carbocycles. The van der Waals surface area contributed by atoms with Crippen LogP contribution in [0.15, 0.2) is 83.8 Å². The van der Waals surface area contributed by atoms with E-state index >= 15 is 0 Å². The van der Waals surface area contributed by atoms with Crippen molar-refractivity contribution in [2.24, 2.45) is 0 Å². The molecule has 0 atom stereocenters. The zero-order valence-electron chi connectivity index (χ0n) is 17.9. The quantitative estimate of drug-likeness (QED) is 0.222. The predicted molar refractivity (Wildman–Crippen MR) is 141 cm³/mol. The largest absolute Gasteiger partial charge is 0.325 e. The second kappa shape index (κ2) is 8.81. The van der Waals surface area contributed by atoms with Gasteiger partial charge in [0.05, 0.1) is 4.91 Å². The molecule has 1 fully saturated rings. The first-order valence-electron chi connectivity index (χ1n) is 10.5. The van der Waals surface area contributed by atoms with Crippen LogP contribution in [-0.4, -0.2) is 27.6 Å². The first-order chi connectivity index (χ1) is 16.0. The van der Waals surface area contributed by atoms with Crippen LogP contribution in [0.3, 0.4) is 0 Å². The number of amides is 2. The van der Waals surface area contributed by atoms with Crippen molar-refractivity contribution in [2.45, 2.75) is 6.92 Å². The number of anilines is 1. The molecule has 1 aliphatic heterocycles. The fourth-order valence-corrected chi connectivity index (χ4v) is 5.19. The average Bonchev–Trinajstić information content (AvgIpc) is 3.07. The number of carbonyl (C=O) groups is 2. The van der Waals surface area contributed by atoms with E-state index < -0.39 is 0 Å². The Bertz CT molecular complexity index is 1400. The van der Waals surface area contributed by atoms with Crippen molar-refractivity contribution >= 4 is 73.4 Å². The average molecular weight is 469 g/mol. The Balaban J connectivity index is 1.45.